The highest BCUT2D eigenvalue weighted by Gasteiger charge is 1.98. The quantitative estimate of drug-likeness (QED) is 0.611. The van der Waals surface area contributed by atoms with E-state index in [2.05, 4.69) is 37.0 Å². The average molecular weight is 217 g/mol. The van der Waals surface area contributed by atoms with Crippen molar-refractivity contribution in [3.8, 4) is 0 Å². The highest BCUT2D eigenvalue weighted by molar-refractivity contribution is 5.87. The van der Waals surface area contributed by atoms with Crippen LogP contribution in [0, 0.1) is 13.8 Å². The fourth-order valence-electron chi connectivity index (χ4n) is 1.48. The van der Waals surface area contributed by atoms with Gasteiger partial charge in [-0.2, -0.15) is 0 Å². The van der Waals surface area contributed by atoms with Crippen LogP contribution < -0.4 is 0 Å². The van der Waals surface area contributed by atoms with Gasteiger partial charge in [-0.15, -0.1) is 0 Å². The Hall–Kier alpha value is -1.37. The summed E-state index contributed by atoms with van der Waals surface area (Å²) in [6, 6.07) is 6.36. The van der Waals surface area contributed by atoms with Crippen molar-refractivity contribution in [3.63, 3.8) is 0 Å². The maximum Gasteiger partial charge on any atom is 0.0349 e. The summed E-state index contributed by atoms with van der Waals surface area (Å²) in [5.41, 5.74) is 2.61. The molecule has 0 N–H and O–H groups in total. The lowest BCUT2D eigenvalue weighted by Gasteiger charge is -2.03. The molecule has 16 heavy (non-hydrogen) atoms. The van der Waals surface area contributed by atoms with Gasteiger partial charge in [-0.25, -0.2) is 0 Å². The molecule has 0 spiro atoms. The van der Waals surface area contributed by atoms with E-state index >= 15 is 0 Å². The summed E-state index contributed by atoms with van der Waals surface area (Å²) in [5, 5.41) is 2.57. The van der Waals surface area contributed by atoms with Gasteiger partial charge in [0.25, 0.3) is 0 Å². The summed E-state index contributed by atoms with van der Waals surface area (Å²) < 4.78 is 0. The van der Waals surface area contributed by atoms with E-state index in [-0.39, 0.29) is 0 Å². The fourth-order valence-corrected chi connectivity index (χ4v) is 1.48. The van der Waals surface area contributed by atoms with E-state index in [1.54, 1.807) is 0 Å². The van der Waals surface area contributed by atoms with E-state index in [0.717, 1.165) is 0 Å². The lowest BCUT2D eigenvalue weighted by molar-refractivity contribution is 1.34. The standard InChI is InChI=1S/C11H11N.2C2H6/c1-8-3-4-9(2)11-7-12-6-5-10(8)11;2*1-2/h3-7H,1-2H3;2*1-2H3. The first-order valence-corrected chi connectivity index (χ1v) is 6.09. The Morgan fingerprint density at radius 1 is 0.750 bits per heavy atom. The van der Waals surface area contributed by atoms with Crippen LogP contribution in [0.4, 0.5) is 0 Å². The minimum absolute atomic E-state index is 1.26. The first-order chi connectivity index (χ1) is 7.79. The summed E-state index contributed by atoms with van der Waals surface area (Å²) in [4.78, 5) is 4.11. The third-order valence-electron chi connectivity index (χ3n) is 2.25. The molecule has 1 aromatic carbocycles. The summed E-state index contributed by atoms with van der Waals surface area (Å²) in [5.74, 6) is 0. The molecule has 0 fully saturated rings. The first-order valence-electron chi connectivity index (χ1n) is 6.09. The second-order valence-electron chi connectivity index (χ2n) is 3.12. The Morgan fingerprint density at radius 3 is 1.75 bits per heavy atom. The van der Waals surface area contributed by atoms with Gasteiger partial charge >= 0.3 is 0 Å². The molecule has 0 saturated carbocycles. The van der Waals surface area contributed by atoms with Gasteiger partial charge in [-0.3, -0.25) is 4.98 Å². The van der Waals surface area contributed by atoms with Crippen molar-refractivity contribution < 1.29 is 0 Å². The highest BCUT2D eigenvalue weighted by atomic mass is 14.6. The van der Waals surface area contributed by atoms with Crippen LogP contribution in [0.2, 0.25) is 0 Å². The van der Waals surface area contributed by atoms with E-state index < -0.39 is 0 Å². The monoisotopic (exact) mass is 217 g/mol. The molecule has 0 aliphatic heterocycles. The summed E-state index contributed by atoms with van der Waals surface area (Å²) in [6.07, 6.45) is 3.77. The molecule has 1 aromatic heterocycles. The van der Waals surface area contributed by atoms with Gasteiger partial charge < -0.3 is 0 Å². The van der Waals surface area contributed by atoms with E-state index in [4.69, 9.17) is 0 Å². The average Bonchev–Trinajstić information content (AvgIpc) is 2.39. The van der Waals surface area contributed by atoms with Crippen molar-refractivity contribution in [2.45, 2.75) is 41.5 Å². The predicted octanol–water partition coefficient (Wildman–Crippen LogP) is 4.90. The number of fused-ring (bicyclic) bond motifs is 1. The molecule has 0 atom stereocenters. The van der Waals surface area contributed by atoms with Gasteiger partial charge in [0.1, 0.15) is 0 Å². The zero-order valence-corrected chi connectivity index (χ0v) is 11.3. The molecule has 2 aromatic rings. The molecule has 1 heterocycles. The van der Waals surface area contributed by atoms with Gasteiger partial charge in [-0.05, 0) is 36.4 Å². The smallest absolute Gasteiger partial charge is 0.0349 e. The Bertz CT molecular complexity index is 378. The Morgan fingerprint density at radius 2 is 1.25 bits per heavy atom. The molecular weight excluding hydrogens is 194 g/mol. The molecular formula is C15H23N. The Balaban J connectivity index is 0.000000509. The van der Waals surface area contributed by atoms with Crippen molar-refractivity contribution in [3.05, 3.63) is 41.7 Å². The number of pyridine rings is 1. The van der Waals surface area contributed by atoms with Crippen LogP contribution in [0.3, 0.4) is 0 Å². The predicted molar refractivity (Wildman–Crippen MR) is 73.9 cm³/mol. The number of rotatable bonds is 0. The largest absolute Gasteiger partial charge is 0.264 e. The van der Waals surface area contributed by atoms with Crippen molar-refractivity contribution in [1.82, 2.24) is 4.98 Å². The van der Waals surface area contributed by atoms with E-state index in [1.807, 2.05) is 40.1 Å². The van der Waals surface area contributed by atoms with Gasteiger partial charge in [0, 0.05) is 17.8 Å². The van der Waals surface area contributed by atoms with Gasteiger partial charge in [0.05, 0.1) is 0 Å². The first kappa shape index (κ1) is 14.6. The zero-order chi connectivity index (χ0) is 12.6. The number of aromatic nitrogens is 1. The molecule has 88 valence electrons. The molecule has 0 bridgehead atoms. The molecule has 1 heteroatoms. The van der Waals surface area contributed by atoms with Crippen LogP contribution in [0.15, 0.2) is 30.6 Å². The Labute approximate surface area is 99.5 Å². The molecule has 0 aliphatic rings. The van der Waals surface area contributed by atoms with Crippen LogP contribution in [0.5, 0.6) is 0 Å². The van der Waals surface area contributed by atoms with Crippen LogP contribution in [-0.2, 0) is 0 Å². The lowest BCUT2D eigenvalue weighted by Crippen LogP contribution is -1.82. The van der Waals surface area contributed by atoms with Crippen molar-refractivity contribution in [2.75, 3.05) is 0 Å². The molecule has 0 unspecified atom stereocenters. The normalized spacial score (nSPS) is 8.62. The summed E-state index contributed by atoms with van der Waals surface area (Å²) >= 11 is 0. The van der Waals surface area contributed by atoms with Gasteiger partial charge in [-0.1, -0.05) is 39.8 Å². The molecule has 0 radical (unpaired) electrons. The number of hydrogen-bond donors (Lipinski definition) is 0. The molecule has 0 saturated heterocycles. The van der Waals surface area contributed by atoms with Crippen LogP contribution >= 0.6 is 0 Å². The van der Waals surface area contributed by atoms with E-state index in [0.29, 0.717) is 0 Å². The van der Waals surface area contributed by atoms with E-state index in [9.17, 15) is 0 Å². The number of benzene rings is 1. The fraction of sp³-hybridized carbons (Fsp3) is 0.400. The summed E-state index contributed by atoms with van der Waals surface area (Å²) in [7, 11) is 0. The topological polar surface area (TPSA) is 12.9 Å². The van der Waals surface area contributed by atoms with Crippen molar-refractivity contribution in [2.24, 2.45) is 0 Å². The molecule has 0 amide bonds. The molecule has 2 rings (SSSR count). The molecule has 0 aliphatic carbocycles. The minimum Gasteiger partial charge on any atom is -0.264 e. The second-order valence-corrected chi connectivity index (χ2v) is 3.12. The third-order valence-corrected chi connectivity index (χ3v) is 2.25. The second kappa shape index (κ2) is 7.86. The van der Waals surface area contributed by atoms with Crippen LogP contribution in [-0.4, -0.2) is 4.98 Å². The lowest BCUT2D eigenvalue weighted by atomic mass is 10.0. The Kier molecular flexibility index (Phi) is 7.19. The maximum absolute atomic E-state index is 4.11. The number of hydrogen-bond acceptors (Lipinski definition) is 1. The van der Waals surface area contributed by atoms with Crippen LogP contribution in [0.1, 0.15) is 38.8 Å². The van der Waals surface area contributed by atoms with Crippen molar-refractivity contribution >= 4 is 10.8 Å². The number of nitrogens with zero attached hydrogens (tertiary/aromatic N) is 1. The highest BCUT2D eigenvalue weighted by Crippen LogP contribution is 2.19. The van der Waals surface area contributed by atoms with E-state index in [1.165, 1.54) is 21.9 Å². The van der Waals surface area contributed by atoms with Crippen molar-refractivity contribution in [1.29, 1.82) is 0 Å². The third kappa shape index (κ3) is 3.34. The zero-order valence-electron chi connectivity index (χ0n) is 11.3. The van der Waals surface area contributed by atoms with Gasteiger partial charge in [0.2, 0.25) is 0 Å². The SMILES string of the molecule is CC.CC.Cc1ccc(C)c2cnccc12. The number of aryl methyl sites for hydroxylation is 2. The summed E-state index contributed by atoms with van der Waals surface area (Å²) in [6.45, 7) is 12.2. The minimum atomic E-state index is 1.26. The molecule has 1 nitrogen and oxygen atoms in total. The maximum atomic E-state index is 4.11. The van der Waals surface area contributed by atoms with Gasteiger partial charge in [0.15, 0.2) is 0 Å². The van der Waals surface area contributed by atoms with Crippen LogP contribution in [0.25, 0.3) is 10.8 Å².